The molecule has 1 aromatic rings. The minimum absolute atomic E-state index is 0.128. The number of carbonyl (C=O) groups excluding carboxylic acids is 2. The Bertz CT molecular complexity index is 630. The first-order valence-electron chi connectivity index (χ1n) is 6.96. The molecule has 0 spiro atoms. The fourth-order valence-corrected chi connectivity index (χ4v) is 4.05. The lowest BCUT2D eigenvalue weighted by molar-refractivity contribution is -0.144. The van der Waals surface area contributed by atoms with Crippen LogP contribution in [0.25, 0.3) is 0 Å². The summed E-state index contributed by atoms with van der Waals surface area (Å²) >= 11 is 1.56. The zero-order valence-corrected chi connectivity index (χ0v) is 12.7. The summed E-state index contributed by atoms with van der Waals surface area (Å²) in [4.78, 5) is 25.6. The number of esters is 1. The van der Waals surface area contributed by atoms with E-state index in [0.29, 0.717) is 12.1 Å². The van der Waals surface area contributed by atoms with Gasteiger partial charge >= 0.3 is 5.97 Å². The Morgan fingerprint density at radius 2 is 2.29 bits per heavy atom. The monoisotopic (exact) mass is 303 g/mol. The van der Waals surface area contributed by atoms with Crippen molar-refractivity contribution in [2.45, 2.75) is 25.2 Å². The number of thiophene rings is 1. The van der Waals surface area contributed by atoms with Gasteiger partial charge in [-0.25, -0.2) is 0 Å². The molecule has 0 bridgehead atoms. The predicted molar refractivity (Wildman–Crippen MR) is 80.7 cm³/mol. The van der Waals surface area contributed by atoms with Gasteiger partial charge in [-0.2, -0.15) is 0 Å². The van der Waals surface area contributed by atoms with Gasteiger partial charge in [0.2, 0.25) is 0 Å². The summed E-state index contributed by atoms with van der Waals surface area (Å²) in [6.07, 6.45) is 2.22. The average molecular weight is 303 g/mol. The van der Waals surface area contributed by atoms with E-state index in [1.165, 1.54) is 7.11 Å². The molecule has 110 valence electrons. The molecule has 0 radical (unpaired) electrons. The third kappa shape index (κ3) is 2.31. The van der Waals surface area contributed by atoms with Crippen molar-refractivity contribution in [3.63, 3.8) is 0 Å². The number of ether oxygens (including phenoxy) is 1. The topological polar surface area (TPSA) is 55.4 Å². The van der Waals surface area contributed by atoms with Crippen LogP contribution in [-0.4, -0.2) is 18.9 Å². The molecule has 3 rings (SSSR count). The first-order valence-corrected chi connectivity index (χ1v) is 7.84. The van der Waals surface area contributed by atoms with Gasteiger partial charge in [-0.1, -0.05) is 12.6 Å². The Morgan fingerprint density at radius 1 is 1.48 bits per heavy atom. The number of allylic oxidation sites excluding steroid dienone is 2. The van der Waals surface area contributed by atoms with E-state index in [4.69, 9.17) is 4.74 Å². The van der Waals surface area contributed by atoms with Crippen LogP contribution in [-0.2, 0) is 14.3 Å². The SMILES string of the molecule is C=C1NC2=C(C(=O)CCC2)C(c2cccs2)C1C(=O)OC. The summed E-state index contributed by atoms with van der Waals surface area (Å²) in [6.45, 7) is 3.99. The third-order valence-corrected chi connectivity index (χ3v) is 5.05. The summed E-state index contributed by atoms with van der Waals surface area (Å²) < 4.78 is 4.93. The van der Waals surface area contributed by atoms with Crippen molar-refractivity contribution in [2.24, 2.45) is 5.92 Å². The van der Waals surface area contributed by atoms with Crippen LogP contribution in [0.15, 0.2) is 41.1 Å². The second-order valence-electron chi connectivity index (χ2n) is 5.31. The maximum Gasteiger partial charge on any atom is 0.315 e. The average Bonchev–Trinajstić information content (AvgIpc) is 2.99. The Morgan fingerprint density at radius 3 is 2.95 bits per heavy atom. The highest BCUT2D eigenvalue weighted by Gasteiger charge is 2.43. The molecular weight excluding hydrogens is 286 g/mol. The van der Waals surface area contributed by atoms with Gasteiger partial charge in [-0.15, -0.1) is 11.3 Å². The van der Waals surface area contributed by atoms with E-state index in [-0.39, 0.29) is 17.7 Å². The highest BCUT2D eigenvalue weighted by molar-refractivity contribution is 7.10. The van der Waals surface area contributed by atoms with E-state index in [0.717, 1.165) is 29.0 Å². The molecule has 1 aromatic heterocycles. The molecule has 2 heterocycles. The van der Waals surface area contributed by atoms with E-state index >= 15 is 0 Å². The number of nitrogens with one attached hydrogen (secondary N) is 1. The van der Waals surface area contributed by atoms with Crippen molar-refractivity contribution >= 4 is 23.1 Å². The van der Waals surface area contributed by atoms with Gasteiger partial charge in [0.25, 0.3) is 0 Å². The normalized spacial score (nSPS) is 25.4. The van der Waals surface area contributed by atoms with Gasteiger partial charge in [0.1, 0.15) is 5.92 Å². The number of ketones is 1. The van der Waals surface area contributed by atoms with Gasteiger partial charge in [-0.05, 0) is 24.3 Å². The first-order chi connectivity index (χ1) is 10.1. The van der Waals surface area contributed by atoms with Crippen LogP contribution >= 0.6 is 11.3 Å². The maximum atomic E-state index is 12.4. The lowest BCUT2D eigenvalue weighted by Crippen LogP contribution is -2.40. The summed E-state index contributed by atoms with van der Waals surface area (Å²) in [6, 6.07) is 3.91. The van der Waals surface area contributed by atoms with Gasteiger partial charge in [-0.3, -0.25) is 9.59 Å². The predicted octanol–water partition coefficient (Wildman–Crippen LogP) is 2.74. The first kappa shape index (κ1) is 14.1. The van der Waals surface area contributed by atoms with Crippen LogP contribution in [0.3, 0.4) is 0 Å². The Labute approximate surface area is 127 Å². The molecule has 1 N–H and O–H groups in total. The summed E-state index contributed by atoms with van der Waals surface area (Å²) in [5.41, 5.74) is 2.29. The molecule has 21 heavy (non-hydrogen) atoms. The zero-order chi connectivity index (χ0) is 15.0. The quantitative estimate of drug-likeness (QED) is 0.854. The molecule has 1 aliphatic carbocycles. The van der Waals surface area contributed by atoms with E-state index in [1.807, 2.05) is 17.5 Å². The molecule has 2 unspecified atom stereocenters. The number of methoxy groups -OCH3 is 1. The highest BCUT2D eigenvalue weighted by atomic mass is 32.1. The van der Waals surface area contributed by atoms with Crippen LogP contribution < -0.4 is 5.32 Å². The fraction of sp³-hybridized carbons (Fsp3) is 0.375. The van der Waals surface area contributed by atoms with Crippen LogP contribution in [0.1, 0.15) is 30.1 Å². The number of carbonyl (C=O) groups is 2. The molecular formula is C16H17NO3S. The Balaban J connectivity index is 2.15. The third-order valence-electron chi connectivity index (χ3n) is 4.09. The molecule has 5 heteroatoms. The van der Waals surface area contributed by atoms with E-state index in [1.54, 1.807) is 11.3 Å². The molecule has 2 atom stereocenters. The Kier molecular flexibility index (Phi) is 3.68. The largest absolute Gasteiger partial charge is 0.468 e. The minimum Gasteiger partial charge on any atom is -0.468 e. The molecule has 0 amide bonds. The van der Waals surface area contributed by atoms with Crippen LogP contribution in [0, 0.1) is 5.92 Å². The molecule has 0 saturated heterocycles. The number of Topliss-reactive ketones (excluding diaryl/α,β-unsaturated/α-hetero) is 1. The van der Waals surface area contributed by atoms with Crippen molar-refractivity contribution in [3.8, 4) is 0 Å². The molecule has 0 saturated carbocycles. The summed E-state index contributed by atoms with van der Waals surface area (Å²) in [5, 5.41) is 5.13. The summed E-state index contributed by atoms with van der Waals surface area (Å²) in [5.74, 6) is -1.04. The number of hydrogen-bond donors (Lipinski definition) is 1. The maximum absolute atomic E-state index is 12.4. The minimum atomic E-state index is -0.547. The Hall–Kier alpha value is -1.88. The molecule has 2 aliphatic rings. The number of rotatable bonds is 2. The van der Waals surface area contributed by atoms with Gasteiger partial charge in [0.15, 0.2) is 5.78 Å². The van der Waals surface area contributed by atoms with Crippen molar-refractivity contribution in [2.75, 3.05) is 7.11 Å². The van der Waals surface area contributed by atoms with E-state index < -0.39 is 5.92 Å². The lowest BCUT2D eigenvalue weighted by atomic mass is 9.74. The molecule has 4 nitrogen and oxygen atoms in total. The van der Waals surface area contributed by atoms with Gasteiger partial charge < -0.3 is 10.1 Å². The van der Waals surface area contributed by atoms with Gasteiger partial charge in [0, 0.05) is 34.2 Å². The van der Waals surface area contributed by atoms with E-state index in [9.17, 15) is 9.59 Å². The fourth-order valence-electron chi connectivity index (χ4n) is 3.17. The zero-order valence-electron chi connectivity index (χ0n) is 11.8. The van der Waals surface area contributed by atoms with Crippen LogP contribution in [0.5, 0.6) is 0 Å². The van der Waals surface area contributed by atoms with Gasteiger partial charge in [0.05, 0.1) is 7.11 Å². The second-order valence-corrected chi connectivity index (χ2v) is 6.29. The summed E-state index contributed by atoms with van der Waals surface area (Å²) in [7, 11) is 1.37. The standard InChI is InChI=1S/C16H17NO3S/c1-9-13(16(19)20-2)15(12-7-4-8-21-12)14-10(17-9)5-3-6-11(14)18/h4,7-8,13,15,17H,1,3,5-6H2,2H3. The second kappa shape index (κ2) is 5.48. The molecule has 0 aromatic carbocycles. The van der Waals surface area contributed by atoms with Crippen LogP contribution in [0.2, 0.25) is 0 Å². The number of hydrogen-bond acceptors (Lipinski definition) is 5. The van der Waals surface area contributed by atoms with E-state index in [2.05, 4.69) is 11.9 Å². The van der Waals surface area contributed by atoms with Crippen molar-refractivity contribution in [3.05, 3.63) is 45.9 Å². The lowest BCUT2D eigenvalue weighted by Gasteiger charge is -2.37. The molecule has 0 fully saturated rings. The van der Waals surface area contributed by atoms with Crippen molar-refractivity contribution in [1.29, 1.82) is 0 Å². The molecule has 1 aliphatic heterocycles. The smallest absolute Gasteiger partial charge is 0.315 e. The van der Waals surface area contributed by atoms with Crippen molar-refractivity contribution < 1.29 is 14.3 Å². The van der Waals surface area contributed by atoms with Crippen LogP contribution in [0.4, 0.5) is 0 Å². The van der Waals surface area contributed by atoms with Crippen molar-refractivity contribution in [1.82, 2.24) is 5.32 Å². The highest BCUT2D eigenvalue weighted by Crippen LogP contribution is 2.45.